The lowest BCUT2D eigenvalue weighted by Crippen LogP contribution is -2.26. The summed E-state index contributed by atoms with van der Waals surface area (Å²) in [4.78, 5) is 25.2. The molecule has 0 saturated carbocycles. The quantitative estimate of drug-likeness (QED) is 0.386. The molecule has 0 bridgehead atoms. The van der Waals surface area contributed by atoms with E-state index < -0.39 is 4.92 Å². The smallest absolute Gasteiger partial charge is 0.276 e. The molecule has 0 aliphatic heterocycles. The number of carbonyl (C=O) groups is 1. The van der Waals surface area contributed by atoms with Crippen LogP contribution in [0.5, 0.6) is 0 Å². The second-order valence-corrected chi connectivity index (χ2v) is 3.79. The van der Waals surface area contributed by atoms with Gasteiger partial charge in [0.2, 0.25) is 5.91 Å². The number of anilines is 2. The molecule has 0 fully saturated rings. The van der Waals surface area contributed by atoms with Crippen LogP contribution in [0.15, 0.2) is 12.1 Å². The van der Waals surface area contributed by atoms with Gasteiger partial charge in [-0.2, -0.15) is 0 Å². The summed E-state index contributed by atoms with van der Waals surface area (Å²) in [6, 6.07) is 2.73. The van der Waals surface area contributed by atoms with E-state index >= 15 is 0 Å². The van der Waals surface area contributed by atoms with Gasteiger partial charge in [-0.15, -0.1) is 0 Å². The van der Waals surface area contributed by atoms with Gasteiger partial charge in [0.1, 0.15) is 11.6 Å². The monoisotopic (exact) mass is 267 g/mol. The third kappa shape index (κ3) is 5.19. The summed E-state index contributed by atoms with van der Waals surface area (Å²) in [5, 5.41) is 19.3. The normalized spacial score (nSPS) is 9.79. The summed E-state index contributed by atoms with van der Waals surface area (Å²) in [6.45, 7) is 4.80. The molecule has 1 aromatic rings. The van der Waals surface area contributed by atoms with E-state index in [4.69, 9.17) is 0 Å². The average molecular weight is 267 g/mol. The lowest BCUT2D eigenvalue weighted by Gasteiger charge is -2.08. The van der Waals surface area contributed by atoms with E-state index in [0.717, 1.165) is 0 Å². The van der Waals surface area contributed by atoms with Crippen LogP contribution in [0, 0.1) is 10.1 Å². The van der Waals surface area contributed by atoms with Crippen LogP contribution in [-0.4, -0.2) is 35.4 Å². The molecule has 3 N–H and O–H groups in total. The first-order valence-corrected chi connectivity index (χ1v) is 5.91. The molecule has 0 aliphatic rings. The van der Waals surface area contributed by atoms with Crippen molar-refractivity contribution in [3.05, 3.63) is 22.2 Å². The summed E-state index contributed by atoms with van der Waals surface area (Å²) < 4.78 is 0. The maximum absolute atomic E-state index is 10.8. The minimum atomic E-state index is -0.471. The van der Waals surface area contributed by atoms with Crippen LogP contribution in [-0.2, 0) is 4.79 Å². The molecule has 8 nitrogen and oxygen atoms in total. The zero-order valence-electron chi connectivity index (χ0n) is 10.9. The fraction of sp³-hybridized carbons (Fsp3) is 0.455. The summed E-state index contributed by atoms with van der Waals surface area (Å²) >= 11 is 0. The van der Waals surface area contributed by atoms with Gasteiger partial charge in [0.05, 0.1) is 17.1 Å². The van der Waals surface area contributed by atoms with Crippen molar-refractivity contribution >= 4 is 23.2 Å². The largest absolute Gasteiger partial charge is 0.370 e. The van der Waals surface area contributed by atoms with Crippen molar-refractivity contribution in [1.82, 2.24) is 10.3 Å². The van der Waals surface area contributed by atoms with Crippen molar-refractivity contribution in [2.24, 2.45) is 0 Å². The third-order valence-electron chi connectivity index (χ3n) is 2.18. The Morgan fingerprint density at radius 2 is 1.95 bits per heavy atom. The zero-order valence-corrected chi connectivity index (χ0v) is 10.9. The van der Waals surface area contributed by atoms with Crippen LogP contribution in [0.1, 0.15) is 13.8 Å². The molecule has 0 saturated heterocycles. The molecule has 0 spiro atoms. The molecule has 1 heterocycles. The molecule has 1 rings (SSSR count). The number of aromatic nitrogens is 1. The van der Waals surface area contributed by atoms with Gasteiger partial charge in [0.15, 0.2) is 0 Å². The topological polar surface area (TPSA) is 109 Å². The van der Waals surface area contributed by atoms with E-state index in [9.17, 15) is 14.9 Å². The summed E-state index contributed by atoms with van der Waals surface area (Å²) in [5.74, 6) is 0.719. The van der Waals surface area contributed by atoms with Crippen LogP contribution in [0.2, 0.25) is 0 Å². The molecule has 8 heteroatoms. The Morgan fingerprint density at radius 3 is 2.47 bits per heavy atom. The van der Waals surface area contributed by atoms with Crippen LogP contribution in [0.4, 0.5) is 17.3 Å². The van der Waals surface area contributed by atoms with Crippen LogP contribution >= 0.6 is 0 Å². The molecule has 0 atom stereocenters. The molecule has 104 valence electrons. The van der Waals surface area contributed by atoms with Crippen molar-refractivity contribution in [2.75, 3.05) is 30.3 Å². The Labute approximate surface area is 110 Å². The van der Waals surface area contributed by atoms with Gasteiger partial charge >= 0.3 is 0 Å². The Hall–Kier alpha value is -2.38. The molecular weight excluding hydrogens is 250 g/mol. The van der Waals surface area contributed by atoms with Crippen molar-refractivity contribution in [1.29, 1.82) is 0 Å². The SMILES string of the molecule is CCNc1cc([N+](=O)[O-])cc(NCCNC(C)=O)n1. The number of amides is 1. The number of nitrogens with one attached hydrogen (secondary N) is 3. The average Bonchev–Trinajstić information content (AvgIpc) is 2.34. The highest BCUT2D eigenvalue weighted by Gasteiger charge is 2.10. The van der Waals surface area contributed by atoms with Gasteiger partial charge < -0.3 is 16.0 Å². The van der Waals surface area contributed by atoms with Gasteiger partial charge in [-0.05, 0) is 6.92 Å². The Bertz CT molecular complexity index is 464. The number of hydrogen-bond donors (Lipinski definition) is 3. The predicted molar refractivity (Wildman–Crippen MR) is 72.2 cm³/mol. The highest BCUT2D eigenvalue weighted by Crippen LogP contribution is 2.20. The van der Waals surface area contributed by atoms with Gasteiger partial charge in [0, 0.05) is 26.6 Å². The molecule has 0 radical (unpaired) electrons. The highest BCUT2D eigenvalue weighted by molar-refractivity contribution is 5.72. The highest BCUT2D eigenvalue weighted by atomic mass is 16.6. The van der Waals surface area contributed by atoms with E-state index in [2.05, 4.69) is 20.9 Å². The standard InChI is InChI=1S/C11H17N5O3/c1-3-12-10-6-9(16(18)19)7-11(15-10)14-5-4-13-8(2)17/h6-7H,3-5H2,1-2H3,(H,13,17)(H2,12,14,15). The van der Waals surface area contributed by atoms with Gasteiger partial charge in [-0.25, -0.2) is 4.98 Å². The molecule has 0 aromatic carbocycles. The number of rotatable bonds is 7. The molecule has 0 unspecified atom stereocenters. The number of nitrogens with zero attached hydrogens (tertiary/aromatic N) is 2. The third-order valence-corrected chi connectivity index (χ3v) is 2.18. The van der Waals surface area contributed by atoms with Crippen molar-refractivity contribution in [3.8, 4) is 0 Å². The summed E-state index contributed by atoms with van der Waals surface area (Å²) in [6.07, 6.45) is 0. The molecule has 1 aromatic heterocycles. The predicted octanol–water partition coefficient (Wildman–Crippen LogP) is 0.970. The lowest BCUT2D eigenvalue weighted by atomic mass is 10.3. The first-order valence-electron chi connectivity index (χ1n) is 5.91. The molecule has 1 amide bonds. The first kappa shape index (κ1) is 14.7. The van der Waals surface area contributed by atoms with E-state index in [0.29, 0.717) is 31.3 Å². The number of hydrogen-bond acceptors (Lipinski definition) is 6. The number of carbonyl (C=O) groups excluding carboxylic acids is 1. The first-order chi connectivity index (χ1) is 9.02. The maximum Gasteiger partial charge on any atom is 0.276 e. The summed E-state index contributed by atoms with van der Waals surface area (Å²) in [7, 11) is 0. The van der Waals surface area contributed by atoms with Crippen molar-refractivity contribution in [3.63, 3.8) is 0 Å². The number of nitro groups is 1. The molecule has 0 aliphatic carbocycles. The van der Waals surface area contributed by atoms with Crippen LogP contribution in [0.3, 0.4) is 0 Å². The second kappa shape index (κ2) is 7.14. The van der Waals surface area contributed by atoms with E-state index in [-0.39, 0.29) is 11.6 Å². The fourth-order valence-corrected chi connectivity index (χ4v) is 1.41. The van der Waals surface area contributed by atoms with Gasteiger partial charge in [-0.3, -0.25) is 14.9 Å². The second-order valence-electron chi connectivity index (χ2n) is 3.79. The van der Waals surface area contributed by atoms with Gasteiger partial charge in [-0.1, -0.05) is 0 Å². The zero-order chi connectivity index (χ0) is 14.3. The van der Waals surface area contributed by atoms with Crippen molar-refractivity contribution in [2.45, 2.75) is 13.8 Å². The number of pyridine rings is 1. The van der Waals surface area contributed by atoms with E-state index in [1.165, 1.54) is 19.1 Å². The molecular formula is C11H17N5O3. The maximum atomic E-state index is 10.8. The minimum Gasteiger partial charge on any atom is -0.370 e. The Balaban J connectivity index is 2.70. The Morgan fingerprint density at radius 1 is 1.32 bits per heavy atom. The Kier molecular flexibility index (Phi) is 5.52. The van der Waals surface area contributed by atoms with E-state index in [1.54, 1.807) is 0 Å². The lowest BCUT2D eigenvalue weighted by molar-refractivity contribution is -0.384. The van der Waals surface area contributed by atoms with E-state index in [1.807, 2.05) is 6.92 Å². The van der Waals surface area contributed by atoms with Gasteiger partial charge in [0.25, 0.3) is 5.69 Å². The molecule has 19 heavy (non-hydrogen) atoms. The van der Waals surface area contributed by atoms with Crippen LogP contribution < -0.4 is 16.0 Å². The van der Waals surface area contributed by atoms with Crippen molar-refractivity contribution < 1.29 is 9.72 Å². The van der Waals surface area contributed by atoms with Crippen LogP contribution in [0.25, 0.3) is 0 Å². The fourth-order valence-electron chi connectivity index (χ4n) is 1.41. The minimum absolute atomic E-state index is 0.0343. The summed E-state index contributed by atoms with van der Waals surface area (Å²) in [5.41, 5.74) is -0.0343.